The maximum atomic E-state index is 13.9. The highest BCUT2D eigenvalue weighted by Crippen LogP contribution is 2.27. The molecule has 0 saturated heterocycles. The van der Waals surface area contributed by atoms with E-state index in [1.807, 2.05) is 13.8 Å². The van der Waals surface area contributed by atoms with Gasteiger partial charge in [-0.2, -0.15) is 0 Å². The molecular formula is C30H35F2N3O5S. The largest absolute Gasteiger partial charge is 0.494 e. The summed E-state index contributed by atoms with van der Waals surface area (Å²) in [6.07, 6.45) is 1.62. The van der Waals surface area contributed by atoms with Crippen molar-refractivity contribution in [2.75, 3.05) is 24.0 Å². The van der Waals surface area contributed by atoms with Crippen molar-refractivity contribution in [3.05, 3.63) is 90.0 Å². The van der Waals surface area contributed by atoms with Crippen LogP contribution in [0.2, 0.25) is 0 Å². The van der Waals surface area contributed by atoms with Crippen LogP contribution in [-0.4, -0.2) is 50.9 Å². The van der Waals surface area contributed by atoms with E-state index in [0.29, 0.717) is 24.5 Å². The minimum atomic E-state index is -4.34. The number of unbranched alkanes of at least 4 members (excludes halogenated alkanes) is 1. The summed E-state index contributed by atoms with van der Waals surface area (Å²) < 4.78 is 61.1. The Hall–Kier alpha value is -3.99. The number of rotatable bonds is 14. The predicted molar refractivity (Wildman–Crippen MR) is 153 cm³/mol. The molecule has 0 spiro atoms. The van der Waals surface area contributed by atoms with Gasteiger partial charge in [0.05, 0.1) is 17.2 Å². The van der Waals surface area contributed by atoms with Gasteiger partial charge in [-0.3, -0.25) is 13.9 Å². The molecule has 0 radical (unpaired) electrons. The Balaban J connectivity index is 2.00. The highest BCUT2D eigenvalue weighted by atomic mass is 32.2. The first-order chi connectivity index (χ1) is 19.6. The van der Waals surface area contributed by atoms with Gasteiger partial charge >= 0.3 is 0 Å². The number of hydrogen-bond donors (Lipinski definition) is 1. The molecule has 3 aromatic rings. The van der Waals surface area contributed by atoms with Gasteiger partial charge in [0, 0.05) is 13.1 Å². The summed E-state index contributed by atoms with van der Waals surface area (Å²) in [6.45, 7) is 5.47. The Labute approximate surface area is 240 Å². The van der Waals surface area contributed by atoms with Crippen molar-refractivity contribution in [1.82, 2.24) is 10.2 Å². The molecule has 0 saturated carbocycles. The van der Waals surface area contributed by atoms with E-state index in [4.69, 9.17) is 4.74 Å². The molecule has 8 nitrogen and oxygen atoms in total. The van der Waals surface area contributed by atoms with Crippen molar-refractivity contribution in [3.63, 3.8) is 0 Å². The maximum Gasteiger partial charge on any atom is 0.264 e. The molecule has 0 aliphatic heterocycles. The van der Waals surface area contributed by atoms with Gasteiger partial charge in [-0.05, 0) is 86.5 Å². The van der Waals surface area contributed by atoms with Gasteiger partial charge in [0.25, 0.3) is 10.0 Å². The summed E-state index contributed by atoms with van der Waals surface area (Å²) in [6, 6.07) is 15.0. The Morgan fingerprint density at radius 2 is 1.49 bits per heavy atom. The average Bonchev–Trinajstić information content (AvgIpc) is 2.96. The molecule has 0 aliphatic carbocycles. The fraction of sp³-hybridized carbons (Fsp3) is 0.333. The third kappa shape index (κ3) is 8.50. The summed E-state index contributed by atoms with van der Waals surface area (Å²) >= 11 is 0. The second-order valence-electron chi connectivity index (χ2n) is 9.36. The van der Waals surface area contributed by atoms with Crippen LogP contribution in [0.25, 0.3) is 0 Å². The second kappa shape index (κ2) is 14.6. The van der Waals surface area contributed by atoms with Gasteiger partial charge in [0.15, 0.2) is 0 Å². The fourth-order valence-corrected chi connectivity index (χ4v) is 5.46. The molecule has 0 heterocycles. The second-order valence-corrected chi connectivity index (χ2v) is 11.2. The summed E-state index contributed by atoms with van der Waals surface area (Å²) in [5.41, 5.74) is 0.731. The van der Waals surface area contributed by atoms with E-state index in [-0.39, 0.29) is 17.1 Å². The molecule has 1 atom stereocenters. The molecular weight excluding hydrogens is 552 g/mol. The van der Waals surface area contributed by atoms with Crippen LogP contribution in [0.15, 0.2) is 77.7 Å². The first-order valence-electron chi connectivity index (χ1n) is 13.4. The van der Waals surface area contributed by atoms with Crippen LogP contribution >= 0.6 is 0 Å². The molecule has 0 fully saturated rings. The zero-order valence-corrected chi connectivity index (χ0v) is 24.2. The zero-order valence-electron chi connectivity index (χ0n) is 23.3. The molecule has 1 N–H and O–H groups in total. The van der Waals surface area contributed by atoms with Gasteiger partial charge in [-0.25, -0.2) is 17.2 Å². The number of hydrogen-bond acceptors (Lipinski definition) is 5. The van der Waals surface area contributed by atoms with E-state index in [1.165, 1.54) is 41.3 Å². The van der Waals surface area contributed by atoms with E-state index in [0.717, 1.165) is 41.4 Å². The monoisotopic (exact) mass is 587 g/mol. The Bertz CT molecular complexity index is 1400. The molecule has 0 aromatic heterocycles. The zero-order chi connectivity index (χ0) is 30.0. The minimum absolute atomic E-state index is 0.0603. The lowest BCUT2D eigenvalue weighted by Crippen LogP contribution is -2.51. The molecule has 0 unspecified atom stereocenters. The smallest absolute Gasteiger partial charge is 0.264 e. The molecule has 11 heteroatoms. The number of ether oxygens (including phenoxy) is 1. The third-order valence-corrected chi connectivity index (χ3v) is 8.17. The summed E-state index contributed by atoms with van der Waals surface area (Å²) in [4.78, 5) is 27.9. The van der Waals surface area contributed by atoms with Gasteiger partial charge in [0.1, 0.15) is 30.0 Å². The van der Waals surface area contributed by atoms with E-state index in [2.05, 4.69) is 5.32 Å². The van der Waals surface area contributed by atoms with Gasteiger partial charge < -0.3 is 15.0 Å². The van der Waals surface area contributed by atoms with Crippen LogP contribution in [0.4, 0.5) is 14.5 Å². The Morgan fingerprint density at radius 3 is 2.05 bits per heavy atom. The Kier molecular flexibility index (Phi) is 11.2. The quantitative estimate of drug-likeness (QED) is 0.271. The molecule has 2 amide bonds. The molecule has 3 rings (SSSR count). The van der Waals surface area contributed by atoms with Gasteiger partial charge in [-0.1, -0.05) is 25.5 Å². The number of nitrogens with zero attached hydrogens (tertiary/aromatic N) is 2. The normalized spacial score (nSPS) is 11.9. The van der Waals surface area contributed by atoms with Crippen molar-refractivity contribution in [1.29, 1.82) is 0 Å². The van der Waals surface area contributed by atoms with Crippen LogP contribution in [0.1, 0.15) is 39.2 Å². The number of amides is 2. The van der Waals surface area contributed by atoms with Crippen LogP contribution < -0.4 is 14.4 Å². The van der Waals surface area contributed by atoms with Gasteiger partial charge in [-0.15, -0.1) is 0 Å². The highest BCUT2D eigenvalue weighted by molar-refractivity contribution is 7.92. The first kappa shape index (κ1) is 31.5. The average molecular weight is 588 g/mol. The number of halogens is 2. The molecule has 41 heavy (non-hydrogen) atoms. The van der Waals surface area contributed by atoms with E-state index in [9.17, 15) is 26.8 Å². The number of benzene rings is 3. The molecule has 220 valence electrons. The number of carbonyl (C=O) groups is 2. The molecule has 0 bridgehead atoms. The minimum Gasteiger partial charge on any atom is -0.494 e. The van der Waals surface area contributed by atoms with Crippen LogP contribution in [0.5, 0.6) is 5.75 Å². The lowest BCUT2D eigenvalue weighted by Gasteiger charge is -2.32. The standard InChI is InChI=1S/C30H35F2N3O5S/c1-4-6-19-33-30(37)22(3)34(20-23-7-9-24(31)10-8-23)29(36)21-35(26-13-15-27(16-14-26)40-5-2)41(38,39)28-17-11-25(32)12-18-28/h7-18,22H,4-6,19-21H2,1-3H3,(H,33,37)/t22-/m1/s1. The summed E-state index contributed by atoms with van der Waals surface area (Å²) in [5.74, 6) is -1.61. The SMILES string of the molecule is CCCCNC(=O)[C@@H](C)N(Cc1ccc(F)cc1)C(=O)CN(c1ccc(OCC)cc1)S(=O)(=O)c1ccc(F)cc1. The number of carbonyl (C=O) groups excluding carboxylic acids is 2. The maximum absolute atomic E-state index is 13.9. The van der Waals surface area contributed by atoms with Crippen molar-refractivity contribution in [2.24, 2.45) is 0 Å². The lowest BCUT2D eigenvalue weighted by molar-refractivity contribution is -0.139. The number of nitrogens with one attached hydrogen (secondary N) is 1. The lowest BCUT2D eigenvalue weighted by atomic mass is 10.1. The molecule has 0 aliphatic rings. The number of sulfonamides is 1. The topological polar surface area (TPSA) is 96.0 Å². The molecule has 3 aromatic carbocycles. The number of anilines is 1. The first-order valence-corrected chi connectivity index (χ1v) is 14.8. The van der Waals surface area contributed by atoms with Gasteiger partial charge in [0.2, 0.25) is 11.8 Å². The van der Waals surface area contributed by atoms with Crippen molar-refractivity contribution in [3.8, 4) is 5.75 Å². The highest BCUT2D eigenvalue weighted by Gasteiger charge is 2.32. The summed E-state index contributed by atoms with van der Waals surface area (Å²) in [5, 5.41) is 2.80. The van der Waals surface area contributed by atoms with Crippen molar-refractivity contribution >= 4 is 27.5 Å². The van der Waals surface area contributed by atoms with Crippen molar-refractivity contribution in [2.45, 2.75) is 51.1 Å². The van der Waals surface area contributed by atoms with Crippen LogP contribution in [-0.2, 0) is 26.2 Å². The van der Waals surface area contributed by atoms with E-state index >= 15 is 0 Å². The summed E-state index contributed by atoms with van der Waals surface area (Å²) in [7, 11) is -4.34. The van der Waals surface area contributed by atoms with Crippen LogP contribution in [0.3, 0.4) is 0 Å². The van der Waals surface area contributed by atoms with E-state index < -0.39 is 46.1 Å². The third-order valence-electron chi connectivity index (χ3n) is 6.38. The predicted octanol–water partition coefficient (Wildman–Crippen LogP) is 4.89. The fourth-order valence-electron chi connectivity index (χ4n) is 4.04. The van der Waals surface area contributed by atoms with E-state index in [1.54, 1.807) is 19.1 Å². The Morgan fingerprint density at radius 1 is 0.902 bits per heavy atom. The van der Waals surface area contributed by atoms with Crippen LogP contribution in [0, 0.1) is 11.6 Å². The van der Waals surface area contributed by atoms with Crippen molar-refractivity contribution < 1.29 is 31.5 Å².